The number of ether oxygens (including phenoxy) is 2. The highest BCUT2D eigenvalue weighted by Gasteiger charge is 2.06. The number of anilines is 2. The van der Waals surface area contributed by atoms with Gasteiger partial charge in [-0.05, 0) is 62.5 Å². The molecule has 4 N–H and O–H groups in total. The summed E-state index contributed by atoms with van der Waals surface area (Å²) in [5.74, 6) is 0. The smallest absolute Gasteiger partial charge is 0.413 e. The van der Waals surface area contributed by atoms with Crippen molar-refractivity contribution in [2.24, 2.45) is 0 Å². The molecule has 0 radical (unpaired) electrons. The predicted octanol–water partition coefficient (Wildman–Crippen LogP) is 2.57. The van der Waals surface area contributed by atoms with Crippen molar-refractivity contribution in [3.8, 4) is 0 Å². The van der Waals surface area contributed by atoms with Gasteiger partial charge in [0, 0.05) is 11.4 Å². The van der Waals surface area contributed by atoms with E-state index in [-0.39, 0.29) is 23.4 Å². The van der Waals surface area contributed by atoms with E-state index in [1.54, 1.807) is 38.1 Å². The average molecular weight is 370 g/mol. The number of benzene rings is 1. The fourth-order valence-corrected chi connectivity index (χ4v) is 1.88. The largest absolute Gasteiger partial charge is 0.450 e. The first-order valence-electron chi connectivity index (χ1n) is 7.04. The van der Waals surface area contributed by atoms with Crippen molar-refractivity contribution in [2.75, 3.05) is 23.8 Å². The van der Waals surface area contributed by atoms with E-state index >= 15 is 0 Å². The molecule has 0 aliphatic rings. The first kappa shape index (κ1) is 19.6. The first-order chi connectivity index (χ1) is 11.4. The highest BCUT2D eigenvalue weighted by Crippen LogP contribution is 2.13. The minimum atomic E-state index is -0.622. The molecule has 10 heteroatoms. The number of carbonyl (C=O) groups excluding carboxylic acids is 2. The molecule has 0 saturated carbocycles. The van der Waals surface area contributed by atoms with Gasteiger partial charge >= 0.3 is 12.2 Å². The zero-order valence-electron chi connectivity index (χ0n) is 13.2. The van der Waals surface area contributed by atoms with Crippen molar-refractivity contribution in [2.45, 2.75) is 13.8 Å². The number of rotatable bonds is 4. The van der Waals surface area contributed by atoms with Crippen LogP contribution < -0.4 is 21.3 Å². The Kier molecular flexibility index (Phi) is 8.44. The number of amides is 2. The molecule has 0 atom stereocenters. The second-order valence-corrected chi connectivity index (χ2v) is 4.99. The number of hydrogen-bond acceptors (Lipinski definition) is 6. The Labute approximate surface area is 150 Å². The summed E-state index contributed by atoms with van der Waals surface area (Å²) < 4.78 is 9.43. The molecule has 0 saturated heterocycles. The molecule has 2 amide bonds. The number of hydrogen-bond donors (Lipinski definition) is 4. The van der Waals surface area contributed by atoms with Gasteiger partial charge in [0.15, 0.2) is 10.2 Å². The summed E-state index contributed by atoms with van der Waals surface area (Å²) in [6.07, 6.45) is -1.24. The van der Waals surface area contributed by atoms with Crippen LogP contribution in [0.15, 0.2) is 24.3 Å². The van der Waals surface area contributed by atoms with E-state index in [0.29, 0.717) is 11.4 Å². The van der Waals surface area contributed by atoms with Crippen LogP contribution in [-0.2, 0) is 9.47 Å². The molecular weight excluding hydrogens is 352 g/mol. The Bertz CT molecular complexity index is 554. The van der Waals surface area contributed by atoms with Crippen LogP contribution in [0.25, 0.3) is 0 Å². The van der Waals surface area contributed by atoms with E-state index in [9.17, 15) is 9.59 Å². The molecule has 0 spiro atoms. The second-order valence-electron chi connectivity index (χ2n) is 4.18. The normalized spacial score (nSPS) is 9.42. The van der Waals surface area contributed by atoms with Crippen LogP contribution in [-0.4, -0.2) is 35.6 Å². The van der Waals surface area contributed by atoms with Crippen LogP contribution in [0.1, 0.15) is 13.8 Å². The zero-order chi connectivity index (χ0) is 17.9. The number of thiocarbonyl (C=S) groups is 2. The summed E-state index contributed by atoms with van der Waals surface area (Å²) in [7, 11) is 0. The summed E-state index contributed by atoms with van der Waals surface area (Å²) in [5, 5.41) is 10.6. The Balaban J connectivity index is 2.48. The van der Waals surface area contributed by atoms with Gasteiger partial charge in [0.1, 0.15) is 0 Å². The molecule has 0 bridgehead atoms. The summed E-state index contributed by atoms with van der Waals surface area (Å²) in [5.41, 5.74) is 1.32. The lowest BCUT2D eigenvalue weighted by atomic mass is 10.3. The van der Waals surface area contributed by atoms with E-state index < -0.39 is 12.2 Å². The Morgan fingerprint density at radius 3 is 1.46 bits per heavy atom. The maximum absolute atomic E-state index is 11.2. The molecule has 24 heavy (non-hydrogen) atoms. The number of alkyl carbamates (subject to hydrolysis) is 2. The Morgan fingerprint density at radius 2 is 1.17 bits per heavy atom. The van der Waals surface area contributed by atoms with Crippen molar-refractivity contribution in [3.05, 3.63) is 24.3 Å². The SMILES string of the molecule is CCOC(=O)NC(=S)Nc1ccc(NC(=S)NC(=O)OCC)cc1. The Morgan fingerprint density at radius 1 is 0.833 bits per heavy atom. The van der Waals surface area contributed by atoms with Crippen molar-refractivity contribution in [1.29, 1.82) is 0 Å². The van der Waals surface area contributed by atoms with Gasteiger partial charge in [-0.1, -0.05) is 0 Å². The minimum Gasteiger partial charge on any atom is -0.450 e. The van der Waals surface area contributed by atoms with Crippen LogP contribution in [0, 0.1) is 0 Å². The molecule has 1 aromatic carbocycles. The standard InChI is InChI=1S/C14H18N4O4S2/c1-3-21-13(19)17-11(23)15-9-5-7-10(8-6-9)16-12(24)18-14(20)22-4-2/h5-8H,3-4H2,1-2H3,(H2,15,17,19,23)(H2,16,18,20,24). The number of carbonyl (C=O) groups is 2. The third-order valence-corrected chi connectivity index (χ3v) is 2.79. The van der Waals surface area contributed by atoms with Gasteiger partial charge in [-0.2, -0.15) is 0 Å². The lowest BCUT2D eigenvalue weighted by molar-refractivity contribution is 0.157. The maximum atomic E-state index is 11.2. The third-order valence-electron chi connectivity index (χ3n) is 2.38. The molecule has 0 fully saturated rings. The highest BCUT2D eigenvalue weighted by molar-refractivity contribution is 7.80. The predicted molar refractivity (Wildman–Crippen MR) is 99.2 cm³/mol. The first-order valence-corrected chi connectivity index (χ1v) is 7.85. The van der Waals surface area contributed by atoms with Crippen LogP contribution in [0.2, 0.25) is 0 Å². The number of nitrogens with one attached hydrogen (secondary N) is 4. The summed E-state index contributed by atoms with van der Waals surface area (Å²) in [6.45, 7) is 3.91. The topological polar surface area (TPSA) is 101 Å². The van der Waals surface area contributed by atoms with Gasteiger partial charge in [-0.25, -0.2) is 9.59 Å². The molecule has 0 heterocycles. The molecular formula is C14H18N4O4S2. The summed E-state index contributed by atoms with van der Waals surface area (Å²) in [4.78, 5) is 22.4. The molecule has 8 nitrogen and oxygen atoms in total. The lowest BCUT2D eigenvalue weighted by Gasteiger charge is -2.11. The summed E-state index contributed by atoms with van der Waals surface area (Å²) >= 11 is 9.96. The van der Waals surface area contributed by atoms with E-state index in [2.05, 4.69) is 21.3 Å². The van der Waals surface area contributed by atoms with Gasteiger partial charge < -0.3 is 20.1 Å². The van der Waals surface area contributed by atoms with Gasteiger partial charge in [0.05, 0.1) is 13.2 Å². The van der Waals surface area contributed by atoms with Gasteiger partial charge in [-0.3, -0.25) is 10.6 Å². The average Bonchev–Trinajstić information content (AvgIpc) is 2.49. The van der Waals surface area contributed by atoms with Crippen LogP contribution >= 0.6 is 24.4 Å². The molecule has 1 aromatic rings. The molecule has 1 rings (SSSR count). The maximum Gasteiger partial charge on any atom is 0.413 e. The van der Waals surface area contributed by atoms with Crippen LogP contribution in [0.3, 0.4) is 0 Å². The molecule has 0 unspecified atom stereocenters. The van der Waals surface area contributed by atoms with Crippen LogP contribution in [0.4, 0.5) is 21.0 Å². The van der Waals surface area contributed by atoms with Gasteiger partial charge in [0.2, 0.25) is 0 Å². The van der Waals surface area contributed by atoms with E-state index in [1.807, 2.05) is 0 Å². The van der Waals surface area contributed by atoms with Gasteiger partial charge in [-0.15, -0.1) is 0 Å². The summed E-state index contributed by atoms with van der Waals surface area (Å²) in [6, 6.07) is 6.87. The monoisotopic (exact) mass is 370 g/mol. The quantitative estimate of drug-likeness (QED) is 0.600. The van der Waals surface area contributed by atoms with Crippen LogP contribution in [0.5, 0.6) is 0 Å². The molecule has 0 aliphatic carbocycles. The lowest BCUT2D eigenvalue weighted by Crippen LogP contribution is -2.35. The molecule has 130 valence electrons. The van der Waals surface area contributed by atoms with Crippen molar-refractivity contribution in [1.82, 2.24) is 10.6 Å². The minimum absolute atomic E-state index is 0.119. The second kappa shape index (κ2) is 10.3. The van der Waals surface area contributed by atoms with E-state index in [1.165, 1.54) is 0 Å². The van der Waals surface area contributed by atoms with E-state index in [0.717, 1.165) is 0 Å². The van der Waals surface area contributed by atoms with Crippen molar-refractivity contribution < 1.29 is 19.1 Å². The third kappa shape index (κ3) is 7.70. The molecule has 0 aromatic heterocycles. The van der Waals surface area contributed by atoms with Crippen molar-refractivity contribution in [3.63, 3.8) is 0 Å². The molecule has 0 aliphatic heterocycles. The Hall–Kier alpha value is -2.46. The van der Waals surface area contributed by atoms with E-state index in [4.69, 9.17) is 33.9 Å². The fraction of sp³-hybridized carbons (Fsp3) is 0.286. The zero-order valence-corrected chi connectivity index (χ0v) is 14.8. The van der Waals surface area contributed by atoms with Crippen molar-refractivity contribution >= 4 is 58.2 Å². The highest BCUT2D eigenvalue weighted by atomic mass is 32.1. The fourth-order valence-electron chi connectivity index (χ4n) is 1.48. The van der Waals surface area contributed by atoms with Gasteiger partial charge in [0.25, 0.3) is 0 Å².